The van der Waals surface area contributed by atoms with Crippen LogP contribution >= 0.6 is 0 Å². The van der Waals surface area contributed by atoms with E-state index in [0.29, 0.717) is 6.42 Å². The van der Waals surface area contributed by atoms with Crippen molar-refractivity contribution in [2.24, 2.45) is 0 Å². The zero-order chi connectivity index (χ0) is 48.6. The molecule has 1 rings (SSSR count). The normalized spacial score (nSPS) is 17.5. The van der Waals surface area contributed by atoms with Crippen molar-refractivity contribution >= 4 is 70.9 Å². The van der Waals surface area contributed by atoms with Crippen molar-refractivity contribution in [1.29, 1.82) is 0 Å². The number of hydrogen-bond donors (Lipinski definition) is 9. The molecule has 0 saturated carbocycles. The van der Waals surface area contributed by atoms with Crippen LogP contribution in [0.25, 0.3) is 0 Å². The molecule has 10 N–H and O–H groups in total. The number of hydrogen-bond acceptors (Lipinski definition) is 12. The first kappa shape index (κ1) is 54.6. The summed E-state index contributed by atoms with van der Waals surface area (Å²) in [4.78, 5) is 154. The van der Waals surface area contributed by atoms with Crippen molar-refractivity contribution in [2.45, 2.75) is 136 Å². The molecular weight excluding hydrogens is 832 g/mol. The average molecular weight is 896 g/mol. The number of carbonyl (C=O) groups is 12. The smallest absolute Gasteiger partial charge is 0.325 e. The van der Waals surface area contributed by atoms with Crippen molar-refractivity contribution in [1.82, 2.24) is 63.0 Å². The summed E-state index contributed by atoms with van der Waals surface area (Å²) >= 11 is 0. The summed E-state index contributed by atoms with van der Waals surface area (Å²) in [6.45, 7) is 11.3. The van der Waals surface area contributed by atoms with Crippen molar-refractivity contribution in [3.05, 3.63) is 0 Å². The average Bonchev–Trinajstić information content (AvgIpc) is 3.69. The van der Waals surface area contributed by atoms with Crippen LogP contribution in [-0.2, 0) is 57.5 Å². The molecule has 1 saturated heterocycles. The molecule has 10 atom stereocenters. The largest absolute Gasteiger partial charge is 0.480 e. The SMILES string of the molecule is C[C@H]([NH])C(=O)N[C@@H](C)C(=O)N[C@@H](C)C(=O)N[C@@H](C)C(=O)N[C@@H](C)C(=O)N1CCC[C@@H]1C(=O)N[C@@H](C)C(=O)N[C@@H](C)C(=O)N(C)CC(=O)N[C@@H](C)C(=O)N(C)CC(=O)N[C@@H](C)C(=O)O. The van der Waals surface area contributed by atoms with E-state index >= 15 is 0 Å². The highest BCUT2D eigenvalue weighted by Crippen LogP contribution is 2.19. The van der Waals surface area contributed by atoms with Crippen LogP contribution in [0, 0.1) is 0 Å². The summed E-state index contributed by atoms with van der Waals surface area (Å²) in [5, 5.41) is 28.2. The van der Waals surface area contributed by atoms with Crippen molar-refractivity contribution < 1.29 is 62.6 Å². The summed E-state index contributed by atoms with van der Waals surface area (Å²) in [5.41, 5.74) is 7.40. The maximum absolute atomic E-state index is 13.4. The van der Waals surface area contributed by atoms with Gasteiger partial charge in [-0.05, 0) is 75.2 Å². The molecule has 0 bridgehead atoms. The Bertz CT molecular complexity index is 1760. The van der Waals surface area contributed by atoms with E-state index < -0.39 is 144 Å². The van der Waals surface area contributed by atoms with Crippen molar-refractivity contribution in [2.75, 3.05) is 33.7 Å². The number of carboxylic acid groups (broad SMARTS) is 1. The number of rotatable bonds is 22. The van der Waals surface area contributed by atoms with Crippen LogP contribution in [-0.4, -0.2) is 185 Å². The quantitative estimate of drug-likeness (QED) is 0.0491. The first-order valence-corrected chi connectivity index (χ1v) is 20.2. The van der Waals surface area contributed by atoms with Crippen LogP contribution in [0.5, 0.6) is 0 Å². The molecule has 1 radical (unpaired) electrons. The molecular formula is C38H63N12O13. The second-order valence-electron chi connectivity index (χ2n) is 15.6. The predicted molar refractivity (Wildman–Crippen MR) is 221 cm³/mol. The number of amides is 11. The summed E-state index contributed by atoms with van der Waals surface area (Å²) in [5.74, 6) is -8.96. The molecule has 1 heterocycles. The van der Waals surface area contributed by atoms with Gasteiger partial charge in [0.05, 0.1) is 19.1 Å². The van der Waals surface area contributed by atoms with Gasteiger partial charge in [-0.1, -0.05) is 0 Å². The van der Waals surface area contributed by atoms with Crippen LogP contribution in [0.3, 0.4) is 0 Å². The summed E-state index contributed by atoms with van der Waals surface area (Å²) in [6, 6.07) is -11.2. The van der Waals surface area contributed by atoms with Crippen LogP contribution < -0.4 is 48.3 Å². The van der Waals surface area contributed by atoms with E-state index in [1.165, 1.54) is 81.3 Å². The highest BCUT2D eigenvalue weighted by Gasteiger charge is 2.38. The summed E-state index contributed by atoms with van der Waals surface area (Å²) in [7, 11) is 2.57. The van der Waals surface area contributed by atoms with Gasteiger partial charge in [0.25, 0.3) is 0 Å². The predicted octanol–water partition coefficient (Wildman–Crippen LogP) is -5.31. The lowest BCUT2D eigenvalue weighted by atomic mass is 10.1. The molecule has 0 aromatic heterocycles. The fourth-order valence-corrected chi connectivity index (χ4v) is 5.88. The minimum atomic E-state index is -1.26. The Morgan fingerprint density at radius 3 is 1.29 bits per heavy atom. The molecule has 353 valence electrons. The molecule has 11 amide bonds. The number of likely N-dealkylation sites (tertiary alicyclic amines) is 1. The lowest BCUT2D eigenvalue weighted by Gasteiger charge is -2.29. The van der Waals surface area contributed by atoms with E-state index in [1.54, 1.807) is 0 Å². The lowest BCUT2D eigenvalue weighted by Crippen LogP contribution is -2.58. The van der Waals surface area contributed by atoms with Gasteiger partial charge >= 0.3 is 5.97 Å². The van der Waals surface area contributed by atoms with E-state index in [2.05, 4.69) is 42.5 Å². The highest BCUT2D eigenvalue weighted by molar-refractivity contribution is 5.98. The summed E-state index contributed by atoms with van der Waals surface area (Å²) < 4.78 is 0. The molecule has 1 fully saturated rings. The Morgan fingerprint density at radius 1 is 0.524 bits per heavy atom. The number of carbonyl (C=O) groups excluding carboxylic acids is 11. The zero-order valence-corrected chi connectivity index (χ0v) is 37.5. The van der Waals surface area contributed by atoms with Gasteiger partial charge in [-0.15, -0.1) is 0 Å². The Labute approximate surface area is 365 Å². The van der Waals surface area contributed by atoms with Crippen LogP contribution in [0.4, 0.5) is 0 Å². The van der Waals surface area contributed by atoms with E-state index in [9.17, 15) is 57.5 Å². The summed E-state index contributed by atoms with van der Waals surface area (Å²) in [6.07, 6.45) is 0.683. The van der Waals surface area contributed by atoms with Crippen LogP contribution in [0.1, 0.15) is 75.2 Å². The monoisotopic (exact) mass is 895 g/mol. The number of nitrogens with zero attached hydrogens (tertiary/aromatic N) is 3. The first-order chi connectivity index (χ1) is 29.1. The van der Waals surface area contributed by atoms with Gasteiger partial charge in [0.15, 0.2) is 0 Å². The minimum Gasteiger partial charge on any atom is -0.480 e. The molecule has 0 unspecified atom stereocenters. The van der Waals surface area contributed by atoms with Crippen LogP contribution in [0.2, 0.25) is 0 Å². The highest BCUT2D eigenvalue weighted by atomic mass is 16.4. The molecule has 25 heteroatoms. The topological polar surface area (TPSA) is 355 Å². The van der Waals surface area contributed by atoms with Gasteiger partial charge in [-0.3, -0.25) is 57.5 Å². The van der Waals surface area contributed by atoms with Gasteiger partial charge in [-0.2, -0.15) is 0 Å². The molecule has 0 aromatic carbocycles. The fourth-order valence-electron chi connectivity index (χ4n) is 5.88. The third-order valence-corrected chi connectivity index (χ3v) is 9.71. The fraction of sp³-hybridized carbons (Fsp3) is 0.684. The van der Waals surface area contributed by atoms with Crippen LogP contribution in [0.15, 0.2) is 0 Å². The second-order valence-corrected chi connectivity index (χ2v) is 15.6. The molecule has 1 aliphatic rings. The Morgan fingerprint density at radius 2 is 0.873 bits per heavy atom. The number of likely N-dealkylation sites (N-methyl/N-ethyl adjacent to an activating group) is 2. The molecule has 25 nitrogen and oxygen atoms in total. The number of carboxylic acids is 1. The maximum Gasteiger partial charge on any atom is 0.325 e. The number of nitrogens with one attached hydrogen (secondary N) is 9. The third-order valence-electron chi connectivity index (χ3n) is 9.71. The van der Waals surface area contributed by atoms with E-state index in [1.807, 2.05) is 0 Å². The van der Waals surface area contributed by atoms with E-state index in [4.69, 9.17) is 10.8 Å². The number of aliphatic carboxylic acids is 1. The Kier molecular flexibility index (Phi) is 21.6. The maximum atomic E-state index is 13.4. The molecule has 63 heavy (non-hydrogen) atoms. The van der Waals surface area contributed by atoms with Gasteiger partial charge in [0, 0.05) is 20.6 Å². The second kappa shape index (κ2) is 24.9. The van der Waals surface area contributed by atoms with Gasteiger partial charge < -0.3 is 62.3 Å². The van der Waals surface area contributed by atoms with Gasteiger partial charge in [-0.25, -0.2) is 5.73 Å². The van der Waals surface area contributed by atoms with E-state index in [-0.39, 0.29) is 13.0 Å². The van der Waals surface area contributed by atoms with Crippen molar-refractivity contribution in [3.8, 4) is 0 Å². The van der Waals surface area contributed by atoms with Crippen molar-refractivity contribution in [3.63, 3.8) is 0 Å². The van der Waals surface area contributed by atoms with Gasteiger partial charge in [0.2, 0.25) is 65.0 Å². The van der Waals surface area contributed by atoms with Gasteiger partial charge in [0.1, 0.15) is 54.4 Å². The third kappa shape index (κ3) is 17.5. The standard InChI is InChI=1S/C38H63N12O13/c1-17(39)29(53)42-18(2)30(54)43-19(3)31(55)44-20(4)32(56)47-24(8)37(61)50-14-12-13-26(50)34(58)45-21(5)33(57)46-23(7)36(60)49(11)15-27(51)40-22(6)35(59)48(10)16-28(52)41-25(9)38(62)63/h17-26,39H,12-16H2,1-11H3,(H,40,51)(H,41,52)(H,42,53)(H,43,54)(H,44,55)(H,45,58)(H,46,57)(H,47,56)(H,62,63)/t17-,18-,19-,20-,21-,22-,23-,24-,25-,26+/m0/s1. The molecule has 1 aliphatic heterocycles. The molecule has 0 spiro atoms. The minimum absolute atomic E-state index is 0.168. The zero-order valence-electron chi connectivity index (χ0n) is 37.5. The Hall–Kier alpha value is -6.40. The lowest BCUT2D eigenvalue weighted by molar-refractivity contribution is -0.142. The first-order valence-electron chi connectivity index (χ1n) is 20.2. The molecule has 0 aliphatic carbocycles. The van der Waals surface area contributed by atoms with E-state index in [0.717, 1.165) is 9.80 Å². The molecule has 0 aromatic rings. The Balaban J connectivity index is 2.67.